The first kappa shape index (κ1) is 38.5. The number of alkyl carbamates (subject to hydrolysis) is 1. The Bertz CT molecular complexity index is 2280. The molecule has 6 aliphatic heterocycles. The molecule has 10 rings (SSSR count). The lowest BCUT2D eigenvalue weighted by atomic mass is 9.90. The van der Waals surface area contributed by atoms with E-state index >= 15 is 13.2 Å². The number of rotatable bonds is 4. The Morgan fingerprint density at radius 3 is 2.66 bits per heavy atom. The lowest BCUT2D eigenvalue weighted by molar-refractivity contribution is 0.107. The van der Waals surface area contributed by atoms with Crippen molar-refractivity contribution in [2.24, 2.45) is 0 Å². The topological polar surface area (TPSA) is 122 Å². The van der Waals surface area contributed by atoms with Crippen LogP contribution < -0.4 is 19.7 Å². The minimum atomic E-state index is -1.43. The summed E-state index contributed by atoms with van der Waals surface area (Å²) < 4.78 is 95.1. The fraction of sp³-hybridized carbons (Fsp3) is 0.537. The normalized spacial score (nSPS) is 26.8. The van der Waals surface area contributed by atoms with Crippen LogP contribution in [0, 0.1) is 11.6 Å². The van der Waals surface area contributed by atoms with Gasteiger partial charge in [0, 0.05) is 50.8 Å². The molecule has 2 amide bonds. The Morgan fingerprint density at radius 1 is 1.02 bits per heavy atom. The van der Waals surface area contributed by atoms with Crippen molar-refractivity contribution in [3.63, 3.8) is 0 Å². The van der Waals surface area contributed by atoms with Crippen LogP contribution in [-0.2, 0) is 11.2 Å². The predicted molar refractivity (Wildman–Crippen MR) is 203 cm³/mol. The largest absolute Gasteiger partial charge is 0.461 e. The number of likely N-dealkylation sites (tertiary alicyclic amines) is 1. The second-order valence-corrected chi connectivity index (χ2v) is 16.6. The average Bonchev–Trinajstić information content (AvgIpc) is 3.71. The highest BCUT2D eigenvalue weighted by Crippen LogP contribution is 2.43. The van der Waals surface area contributed by atoms with Crippen LogP contribution in [0.3, 0.4) is 0 Å². The molecule has 0 unspecified atom stereocenters. The summed E-state index contributed by atoms with van der Waals surface area (Å²) in [7, 11) is 0. The molecule has 6 bridgehead atoms. The number of ether oxygens (including phenoxy) is 3. The maximum absolute atomic E-state index is 17.5. The first-order valence-electron chi connectivity index (χ1n) is 20.0. The summed E-state index contributed by atoms with van der Waals surface area (Å²) in [5, 5.41) is 3.62. The number of amides is 2. The van der Waals surface area contributed by atoms with Crippen molar-refractivity contribution in [1.82, 2.24) is 30.1 Å². The number of hydrogen-bond acceptors (Lipinski definition) is 10. The van der Waals surface area contributed by atoms with Crippen LogP contribution in [0.15, 0.2) is 30.5 Å². The van der Waals surface area contributed by atoms with Gasteiger partial charge in [0.05, 0.1) is 29.6 Å². The fourth-order valence-corrected chi connectivity index (χ4v) is 9.63. The molecule has 17 heteroatoms. The van der Waals surface area contributed by atoms with Gasteiger partial charge in [0.1, 0.15) is 53.7 Å². The number of aromatic nitrogens is 3. The van der Waals surface area contributed by atoms with Gasteiger partial charge in [-0.05, 0) is 86.5 Å². The molecule has 2 aromatic heterocycles. The van der Waals surface area contributed by atoms with E-state index in [2.05, 4.69) is 25.2 Å². The van der Waals surface area contributed by atoms with Gasteiger partial charge in [0.25, 0.3) is 0 Å². The molecule has 58 heavy (non-hydrogen) atoms. The number of fused-ring (bicyclic) bond motifs is 7. The minimum Gasteiger partial charge on any atom is -0.461 e. The molecule has 1 N–H and O–H groups in total. The maximum atomic E-state index is 17.5. The number of aryl methyl sites for hydroxylation is 1. The molecule has 4 atom stereocenters. The molecule has 308 valence electrons. The number of carbonyl (C=O) groups excluding carboxylic acids is 2. The number of pyridine rings is 1. The van der Waals surface area contributed by atoms with Crippen LogP contribution in [0.5, 0.6) is 11.8 Å². The van der Waals surface area contributed by atoms with E-state index in [0.717, 1.165) is 13.0 Å². The number of nitrogens with zero attached hydrogens (tertiary/aromatic N) is 6. The Labute approximate surface area is 331 Å². The number of benzene rings is 2. The standard InChI is InChI=1S/C41H44F5N7O5/c1-40-16-25(43)19-52(21-40)36-30-18-47-34(33(46)35(30)48-37(49-36)57-22-41-9-3-10-53(41)20-26(44)17-41)29-15-27(58-39(55)51-11-7-24(42)8-12-51)14-23-5-6-31(45)28(32(23)29)4-2-13-56-38(54)50-40/h5-6,14-15,18,24-26H,2-4,7-13,16-17,19-22H2,1H3,(H,50,54)/t25-,26-,40-,41+/m1/s1. The summed E-state index contributed by atoms with van der Waals surface area (Å²) in [6, 6.07) is 5.47. The quantitative estimate of drug-likeness (QED) is 0.216. The number of alkyl halides is 3. The van der Waals surface area contributed by atoms with Crippen LogP contribution in [0.2, 0.25) is 0 Å². The summed E-state index contributed by atoms with van der Waals surface area (Å²) in [6.45, 7) is 2.87. The highest BCUT2D eigenvalue weighted by atomic mass is 19.1. The second kappa shape index (κ2) is 15.0. The third-order valence-electron chi connectivity index (χ3n) is 12.3. The summed E-state index contributed by atoms with van der Waals surface area (Å²) in [5.41, 5.74) is -1.89. The van der Waals surface area contributed by atoms with Crippen LogP contribution in [-0.4, -0.2) is 119 Å². The van der Waals surface area contributed by atoms with Gasteiger partial charge in [-0.1, -0.05) is 6.07 Å². The smallest absolute Gasteiger partial charge is 0.415 e. The zero-order chi connectivity index (χ0) is 40.3. The van der Waals surface area contributed by atoms with Gasteiger partial charge in [0.15, 0.2) is 5.82 Å². The summed E-state index contributed by atoms with van der Waals surface area (Å²) >= 11 is 0. The monoisotopic (exact) mass is 809 g/mol. The molecular formula is C41H44F5N7O5. The van der Waals surface area contributed by atoms with Crippen molar-refractivity contribution in [2.45, 2.75) is 87.9 Å². The number of piperidine rings is 2. The van der Waals surface area contributed by atoms with Crippen LogP contribution in [0.1, 0.15) is 57.4 Å². The molecule has 4 saturated heterocycles. The molecule has 0 radical (unpaired) electrons. The van der Waals surface area contributed by atoms with Gasteiger partial charge in [0.2, 0.25) is 0 Å². The highest BCUT2D eigenvalue weighted by molar-refractivity contribution is 6.02. The van der Waals surface area contributed by atoms with Crippen molar-refractivity contribution in [3.05, 3.63) is 47.7 Å². The van der Waals surface area contributed by atoms with E-state index in [9.17, 15) is 18.4 Å². The molecule has 0 saturated carbocycles. The van der Waals surface area contributed by atoms with Crippen molar-refractivity contribution in [3.8, 4) is 23.0 Å². The Balaban J connectivity index is 1.21. The zero-order valence-electron chi connectivity index (χ0n) is 32.0. The summed E-state index contributed by atoms with van der Waals surface area (Å²) in [6.07, 6.45) is -1.20. The van der Waals surface area contributed by atoms with Crippen LogP contribution in [0.25, 0.3) is 32.9 Å². The first-order valence-corrected chi connectivity index (χ1v) is 20.0. The van der Waals surface area contributed by atoms with E-state index in [1.807, 2.05) is 0 Å². The lowest BCUT2D eigenvalue weighted by Gasteiger charge is -2.42. The number of nitrogens with one attached hydrogen (secondary N) is 1. The molecule has 12 nitrogen and oxygen atoms in total. The zero-order valence-corrected chi connectivity index (χ0v) is 32.0. The first-order chi connectivity index (χ1) is 27.9. The van der Waals surface area contributed by atoms with Crippen LogP contribution in [0.4, 0.5) is 37.4 Å². The number of carbonyl (C=O) groups is 2. The minimum absolute atomic E-state index is 0.0247. The molecular weight excluding hydrogens is 765 g/mol. The van der Waals surface area contributed by atoms with Gasteiger partial charge in [-0.2, -0.15) is 9.97 Å². The van der Waals surface area contributed by atoms with Gasteiger partial charge in [-0.3, -0.25) is 9.88 Å². The molecule has 2 aromatic carbocycles. The second-order valence-electron chi connectivity index (χ2n) is 16.6. The van der Waals surface area contributed by atoms with E-state index in [0.29, 0.717) is 11.8 Å². The number of anilines is 1. The molecule has 4 fully saturated rings. The highest BCUT2D eigenvalue weighted by Gasteiger charge is 2.49. The third-order valence-corrected chi connectivity index (χ3v) is 12.3. The van der Waals surface area contributed by atoms with Gasteiger partial charge >= 0.3 is 18.2 Å². The average molecular weight is 810 g/mol. The van der Waals surface area contributed by atoms with E-state index < -0.39 is 53.4 Å². The van der Waals surface area contributed by atoms with Gasteiger partial charge in [-0.15, -0.1) is 0 Å². The molecule has 8 heterocycles. The third kappa shape index (κ3) is 7.19. The van der Waals surface area contributed by atoms with Crippen molar-refractivity contribution < 1.29 is 45.8 Å². The summed E-state index contributed by atoms with van der Waals surface area (Å²) in [5.74, 6) is -1.38. The lowest BCUT2D eigenvalue weighted by Crippen LogP contribution is -2.60. The van der Waals surface area contributed by atoms with E-state index in [4.69, 9.17) is 14.2 Å². The Kier molecular flexibility index (Phi) is 9.91. The van der Waals surface area contributed by atoms with Crippen molar-refractivity contribution in [1.29, 1.82) is 0 Å². The van der Waals surface area contributed by atoms with E-state index in [-0.39, 0.29) is 135 Å². The Hall–Kier alpha value is -5.06. The fourth-order valence-electron chi connectivity index (χ4n) is 9.63. The molecule has 4 aromatic rings. The number of hydrogen-bond donors (Lipinski definition) is 1. The SMILES string of the molecule is C[C@@]12C[C@@H](F)CN(C1)c1nc(OC[C@@]34CCCN3C[C@H](F)C4)nc3c(F)c(ncc13)-c1cc(OC(=O)N3CCC(F)CC3)cc3ccc(F)c(c13)CCCOC(=O)N2. The van der Waals surface area contributed by atoms with Crippen molar-refractivity contribution >= 4 is 39.7 Å². The van der Waals surface area contributed by atoms with Crippen molar-refractivity contribution in [2.75, 3.05) is 57.4 Å². The van der Waals surface area contributed by atoms with Gasteiger partial charge < -0.3 is 29.3 Å². The number of halogens is 5. The molecule has 6 aliphatic rings. The predicted octanol–water partition coefficient (Wildman–Crippen LogP) is 6.99. The van der Waals surface area contributed by atoms with E-state index in [1.165, 1.54) is 35.4 Å². The van der Waals surface area contributed by atoms with Gasteiger partial charge in [-0.25, -0.2) is 31.5 Å². The molecule has 0 aliphatic carbocycles. The Morgan fingerprint density at radius 2 is 1.83 bits per heavy atom. The van der Waals surface area contributed by atoms with Crippen LogP contribution >= 0.6 is 0 Å². The summed E-state index contributed by atoms with van der Waals surface area (Å²) in [4.78, 5) is 45.2. The molecule has 0 spiro atoms. The maximum Gasteiger partial charge on any atom is 0.415 e. The van der Waals surface area contributed by atoms with E-state index in [1.54, 1.807) is 11.8 Å².